The number of carbonyl (C=O) groups is 1. The third-order valence-electron chi connectivity index (χ3n) is 3.03. The summed E-state index contributed by atoms with van der Waals surface area (Å²) in [4.78, 5) is 11.6. The highest BCUT2D eigenvalue weighted by atomic mass is 32.2. The molecule has 0 saturated heterocycles. The van der Waals surface area contributed by atoms with Gasteiger partial charge in [-0.15, -0.1) is 0 Å². The minimum Gasteiger partial charge on any atom is -0.466 e. The average Bonchev–Trinajstić information content (AvgIpc) is 2.56. The van der Waals surface area contributed by atoms with Crippen LogP contribution in [0.15, 0.2) is 12.2 Å². The second kappa shape index (κ2) is 4.49. The third kappa shape index (κ3) is 2.20. The summed E-state index contributed by atoms with van der Waals surface area (Å²) in [5.74, 6) is -1.05. The Kier molecular flexibility index (Phi) is 3.62. The lowest BCUT2D eigenvalue weighted by Crippen LogP contribution is -2.35. The predicted molar refractivity (Wildman–Crippen MR) is 61.7 cm³/mol. The molecule has 17 heavy (non-hydrogen) atoms. The van der Waals surface area contributed by atoms with Crippen LogP contribution in [0, 0.1) is 17.2 Å². The quantitative estimate of drug-likeness (QED) is 0.552. The molecule has 5 nitrogen and oxygen atoms in total. The summed E-state index contributed by atoms with van der Waals surface area (Å²) in [5, 5.41) is 9.11. The second-order valence-electron chi connectivity index (χ2n) is 4.17. The van der Waals surface area contributed by atoms with Crippen LogP contribution >= 0.6 is 0 Å². The molecule has 1 aliphatic carbocycles. The SMILES string of the molecule is C=C1C[C@@H](C(=O)OCC)C[C@@]1(C#N)S(C)(=O)=O. The summed E-state index contributed by atoms with van der Waals surface area (Å²) in [7, 11) is -3.61. The highest BCUT2D eigenvalue weighted by Gasteiger charge is 2.52. The van der Waals surface area contributed by atoms with Crippen molar-refractivity contribution in [3.8, 4) is 6.07 Å². The van der Waals surface area contributed by atoms with Gasteiger partial charge in [0, 0.05) is 6.26 Å². The fraction of sp³-hybridized carbons (Fsp3) is 0.636. The molecule has 1 fully saturated rings. The van der Waals surface area contributed by atoms with E-state index in [-0.39, 0.29) is 25.0 Å². The van der Waals surface area contributed by atoms with Crippen LogP contribution in [0.3, 0.4) is 0 Å². The van der Waals surface area contributed by atoms with E-state index >= 15 is 0 Å². The van der Waals surface area contributed by atoms with Gasteiger partial charge in [0.05, 0.1) is 18.6 Å². The molecule has 0 aromatic heterocycles. The summed E-state index contributed by atoms with van der Waals surface area (Å²) < 4.78 is 26.6. The van der Waals surface area contributed by atoms with Crippen LogP contribution in [0.2, 0.25) is 0 Å². The molecule has 0 aromatic carbocycles. The first-order valence-electron chi connectivity index (χ1n) is 5.24. The first-order valence-corrected chi connectivity index (χ1v) is 7.13. The maximum Gasteiger partial charge on any atom is 0.309 e. The minimum atomic E-state index is -3.61. The molecule has 1 saturated carbocycles. The largest absolute Gasteiger partial charge is 0.466 e. The summed E-state index contributed by atoms with van der Waals surface area (Å²) in [6, 6.07) is 1.80. The van der Waals surface area contributed by atoms with E-state index in [4.69, 9.17) is 10.00 Å². The molecule has 0 radical (unpaired) electrons. The van der Waals surface area contributed by atoms with Gasteiger partial charge in [0.15, 0.2) is 14.6 Å². The molecule has 0 N–H and O–H groups in total. The van der Waals surface area contributed by atoms with E-state index in [1.54, 1.807) is 13.0 Å². The topological polar surface area (TPSA) is 84.2 Å². The lowest BCUT2D eigenvalue weighted by Gasteiger charge is -2.19. The highest BCUT2D eigenvalue weighted by molar-refractivity contribution is 7.92. The van der Waals surface area contributed by atoms with E-state index in [0.29, 0.717) is 0 Å². The van der Waals surface area contributed by atoms with Gasteiger partial charge in [0.25, 0.3) is 0 Å². The molecular weight excluding hydrogens is 242 g/mol. The monoisotopic (exact) mass is 257 g/mol. The van der Waals surface area contributed by atoms with Crippen molar-refractivity contribution >= 4 is 15.8 Å². The van der Waals surface area contributed by atoms with Crippen LogP contribution in [-0.2, 0) is 19.4 Å². The first-order chi connectivity index (χ1) is 7.78. The number of hydrogen-bond acceptors (Lipinski definition) is 5. The van der Waals surface area contributed by atoms with E-state index in [1.165, 1.54) is 0 Å². The van der Waals surface area contributed by atoms with Crippen molar-refractivity contribution in [3.63, 3.8) is 0 Å². The summed E-state index contributed by atoms with van der Waals surface area (Å²) >= 11 is 0. The number of esters is 1. The molecule has 0 spiro atoms. The molecule has 94 valence electrons. The van der Waals surface area contributed by atoms with Gasteiger partial charge in [0.1, 0.15) is 0 Å². The Labute approximate surface area is 101 Å². The molecule has 1 rings (SSSR count). The van der Waals surface area contributed by atoms with Gasteiger partial charge >= 0.3 is 5.97 Å². The highest BCUT2D eigenvalue weighted by Crippen LogP contribution is 2.43. The van der Waals surface area contributed by atoms with E-state index in [9.17, 15) is 13.2 Å². The number of rotatable bonds is 3. The van der Waals surface area contributed by atoms with Crippen LogP contribution in [0.5, 0.6) is 0 Å². The van der Waals surface area contributed by atoms with E-state index in [0.717, 1.165) is 6.26 Å². The van der Waals surface area contributed by atoms with Gasteiger partial charge in [-0.25, -0.2) is 8.42 Å². The molecule has 6 heteroatoms. The molecule has 2 atom stereocenters. The molecule has 0 amide bonds. The number of hydrogen-bond donors (Lipinski definition) is 0. The first kappa shape index (κ1) is 13.7. The molecular formula is C11H15NO4S. The van der Waals surface area contributed by atoms with E-state index in [1.807, 2.05) is 0 Å². The molecule has 0 aliphatic heterocycles. The second-order valence-corrected chi connectivity index (χ2v) is 6.41. The Morgan fingerprint density at radius 1 is 1.71 bits per heavy atom. The number of ether oxygens (including phenoxy) is 1. The number of nitriles is 1. The lowest BCUT2D eigenvalue weighted by molar-refractivity contribution is -0.147. The van der Waals surface area contributed by atoms with Crippen LogP contribution in [0.25, 0.3) is 0 Å². The van der Waals surface area contributed by atoms with Crippen LogP contribution in [-0.4, -0.2) is 32.0 Å². The van der Waals surface area contributed by atoms with Crippen molar-refractivity contribution in [2.24, 2.45) is 5.92 Å². The van der Waals surface area contributed by atoms with E-state index < -0.39 is 26.5 Å². The van der Waals surface area contributed by atoms with Gasteiger partial charge in [-0.05, 0) is 25.3 Å². The number of carbonyl (C=O) groups excluding carboxylic acids is 1. The molecule has 0 heterocycles. The molecule has 0 bridgehead atoms. The zero-order valence-electron chi connectivity index (χ0n) is 9.89. The zero-order chi connectivity index (χ0) is 13.3. The molecule has 0 unspecified atom stereocenters. The Morgan fingerprint density at radius 3 is 2.65 bits per heavy atom. The Hall–Kier alpha value is -1.35. The van der Waals surface area contributed by atoms with E-state index in [2.05, 4.69) is 6.58 Å². The Balaban J connectivity index is 3.06. The van der Waals surface area contributed by atoms with Crippen LogP contribution in [0.4, 0.5) is 0 Å². The van der Waals surface area contributed by atoms with Gasteiger partial charge in [-0.3, -0.25) is 4.79 Å². The Bertz CT molecular complexity index is 488. The third-order valence-corrected chi connectivity index (χ3v) is 4.84. The van der Waals surface area contributed by atoms with Crippen molar-refractivity contribution in [2.75, 3.05) is 12.9 Å². The normalized spacial score (nSPS) is 28.8. The smallest absolute Gasteiger partial charge is 0.309 e. The van der Waals surface area contributed by atoms with Crippen molar-refractivity contribution in [1.82, 2.24) is 0 Å². The summed E-state index contributed by atoms with van der Waals surface area (Å²) in [6.07, 6.45) is 1.13. The molecule has 1 aliphatic rings. The summed E-state index contributed by atoms with van der Waals surface area (Å²) in [6.45, 7) is 5.54. The minimum absolute atomic E-state index is 0.0556. The van der Waals surface area contributed by atoms with Gasteiger partial charge in [-0.1, -0.05) is 6.58 Å². The molecule has 0 aromatic rings. The number of nitrogens with zero attached hydrogens (tertiary/aromatic N) is 1. The standard InChI is InChI=1S/C11H15NO4S/c1-4-16-10(13)9-5-8(2)11(6-9,7-12)17(3,14)15/h9H,2,4-6H2,1,3H3/t9-,11+/m1/s1. The fourth-order valence-corrected chi connectivity index (χ4v) is 3.35. The van der Waals surface area contributed by atoms with Gasteiger partial charge in [-0.2, -0.15) is 5.26 Å². The predicted octanol–water partition coefficient (Wildman–Crippen LogP) is 0.823. The van der Waals surface area contributed by atoms with Gasteiger partial charge < -0.3 is 4.74 Å². The van der Waals surface area contributed by atoms with Crippen LogP contribution < -0.4 is 0 Å². The van der Waals surface area contributed by atoms with Crippen molar-refractivity contribution in [2.45, 2.75) is 24.5 Å². The van der Waals surface area contributed by atoms with Crippen molar-refractivity contribution < 1.29 is 17.9 Å². The average molecular weight is 257 g/mol. The maximum atomic E-state index is 11.7. The maximum absolute atomic E-state index is 11.7. The zero-order valence-corrected chi connectivity index (χ0v) is 10.7. The van der Waals surface area contributed by atoms with Crippen LogP contribution in [0.1, 0.15) is 19.8 Å². The fourth-order valence-electron chi connectivity index (χ4n) is 2.07. The van der Waals surface area contributed by atoms with Crippen molar-refractivity contribution in [3.05, 3.63) is 12.2 Å². The van der Waals surface area contributed by atoms with Crippen molar-refractivity contribution in [1.29, 1.82) is 5.26 Å². The lowest BCUT2D eigenvalue weighted by atomic mass is 10.0. The Morgan fingerprint density at radius 2 is 2.29 bits per heavy atom. The number of sulfone groups is 1. The summed E-state index contributed by atoms with van der Waals surface area (Å²) in [5.41, 5.74) is 0.278. The van der Waals surface area contributed by atoms with Gasteiger partial charge in [0.2, 0.25) is 0 Å².